The highest BCUT2D eigenvalue weighted by Gasteiger charge is 2.22. The lowest BCUT2D eigenvalue weighted by Gasteiger charge is -2.33. The highest BCUT2D eigenvalue weighted by atomic mass is 35.5. The summed E-state index contributed by atoms with van der Waals surface area (Å²) in [5.74, 6) is 0.700. The lowest BCUT2D eigenvalue weighted by Crippen LogP contribution is -2.22. The van der Waals surface area contributed by atoms with Gasteiger partial charge in [0.05, 0.1) is 11.4 Å². The van der Waals surface area contributed by atoms with Gasteiger partial charge in [-0.3, -0.25) is 0 Å². The Morgan fingerprint density at radius 1 is 0.950 bits per heavy atom. The molecule has 2 aromatic rings. The van der Waals surface area contributed by atoms with E-state index in [1.165, 1.54) is 32.3 Å². The lowest BCUT2D eigenvalue weighted by atomic mass is 10.1. The van der Waals surface area contributed by atoms with Gasteiger partial charge in [0, 0.05) is 22.2 Å². The number of halogens is 1. The molecule has 0 fully saturated rings. The topological polar surface area (TPSA) is 3.24 Å². The summed E-state index contributed by atoms with van der Waals surface area (Å²) in [6.07, 6.45) is 0.993. The van der Waals surface area contributed by atoms with Gasteiger partial charge in [-0.1, -0.05) is 23.9 Å². The number of rotatable bonds is 3. The quantitative estimate of drug-likeness (QED) is 0.685. The molecule has 0 aromatic heterocycles. The van der Waals surface area contributed by atoms with Crippen LogP contribution >= 0.6 is 23.4 Å². The maximum absolute atomic E-state index is 5.89. The summed E-state index contributed by atoms with van der Waals surface area (Å²) in [4.78, 5) is 5.10. The van der Waals surface area contributed by atoms with E-state index in [9.17, 15) is 0 Å². The molecule has 0 saturated carbocycles. The van der Waals surface area contributed by atoms with E-state index >= 15 is 0 Å². The summed E-state index contributed by atoms with van der Waals surface area (Å²) in [6, 6.07) is 13.4. The predicted octanol–water partition coefficient (Wildman–Crippen LogP) is 5.54. The number of benzene rings is 2. The van der Waals surface area contributed by atoms with Crippen LogP contribution in [-0.4, -0.2) is 12.4 Å². The Morgan fingerprint density at radius 2 is 1.50 bits per heavy atom. The molecule has 104 valence electrons. The standard InChI is InChI=1S/C17H18ClNS/c1-12-4-6-14-16(10-12)20-17-11-13(2)5-7-15(17)19(14)9-3-8-18/h4-7,10-11H,3,8-9H2,1-2H3. The van der Waals surface area contributed by atoms with E-state index in [0.717, 1.165) is 13.0 Å². The maximum Gasteiger partial charge on any atom is 0.0553 e. The van der Waals surface area contributed by atoms with Crippen LogP contribution in [0.15, 0.2) is 46.2 Å². The van der Waals surface area contributed by atoms with Crippen LogP contribution in [0.2, 0.25) is 0 Å². The molecule has 3 rings (SSSR count). The van der Waals surface area contributed by atoms with Crippen molar-refractivity contribution < 1.29 is 0 Å². The molecule has 0 radical (unpaired) electrons. The van der Waals surface area contributed by atoms with Crippen molar-refractivity contribution in [3.05, 3.63) is 47.5 Å². The Balaban J connectivity index is 2.08. The predicted molar refractivity (Wildman–Crippen MR) is 88.8 cm³/mol. The van der Waals surface area contributed by atoms with Gasteiger partial charge in [-0.25, -0.2) is 0 Å². The molecule has 0 unspecified atom stereocenters. The summed E-state index contributed by atoms with van der Waals surface area (Å²) in [7, 11) is 0. The van der Waals surface area contributed by atoms with Crippen LogP contribution < -0.4 is 4.90 Å². The molecule has 1 aliphatic rings. The molecule has 0 atom stereocenters. The molecule has 3 heteroatoms. The van der Waals surface area contributed by atoms with E-state index in [-0.39, 0.29) is 0 Å². The molecule has 1 nitrogen and oxygen atoms in total. The van der Waals surface area contributed by atoms with Crippen molar-refractivity contribution in [2.24, 2.45) is 0 Å². The van der Waals surface area contributed by atoms with Gasteiger partial charge in [0.2, 0.25) is 0 Å². The highest BCUT2D eigenvalue weighted by Crippen LogP contribution is 2.48. The Kier molecular flexibility index (Phi) is 3.95. The zero-order valence-electron chi connectivity index (χ0n) is 11.8. The third-order valence-corrected chi connectivity index (χ3v) is 4.91. The zero-order chi connectivity index (χ0) is 14.1. The zero-order valence-corrected chi connectivity index (χ0v) is 13.4. The van der Waals surface area contributed by atoms with Crippen molar-refractivity contribution in [3.8, 4) is 0 Å². The molecule has 0 amide bonds. The minimum absolute atomic E-state index is 0.700. The van der Waals surface area contributed by atoms with Crippen molar-refractivity contribution >= 4 is 34.7 Å². The molecule has 2 aromatic carbocycles. The van der Waals surface area contributed by atoms with Gasteiger partial charge in [0.1, 0.15) is 0 Å². The van der Waals surface area contributed by atoms with E-state index in [4.69, 9.17) is 11.6 Å². The summed E-state index contributed by atoms with van der Waals surface area (Å²) < 4.78 is 0. The molecular weight excluding hydrogens is 286 g/mol. The SMILES string of the molecule is Cc1ccc2c(c1)Sc1cc(C)ccc1N2CCCCl. The third kappa shape index (κ3) is 2.55. The van der Waals surface area contributed by atoms with Gasteiger partial charge < -0.3 is 4.90 Å². The fourth-order valence-corrected chi connectivity index (χ4v) is 3.97. The fourth-order valence-electron chi connectivity index (χ4n) is 2.56. The number of nitrogens with zero attached hydrogens (tertiary/aromatic N) is 1. The third-order valence-electron chi connectivity index (χ3n) is 3.55. The maximum atomic E-state index is 5.89. The molecule has 0 spiro atoms. The van der Waals surface area contributed by atoms with E-state index in [1.54, 1.807) is 0 Å². The van der Waals surface area contributed by atoms with E-state index in [2.05, 4.69) is 55.1 Å². The van der Waals surface area contributed by atoms with Gasteiger partial charge in [-0.05, 0) is 55.7 Å². The molecule has 0 saturated heterocycles. The van der Waals surface area contributed by atoms with Gasteiger partial charge in [-0.15, -0.1) is 11.6 Å². The summed E-state index contributed by atoms with van der Waals surface area (Å²) in [6.45, 7) is 5.27. The Hall–Kier alpha value is -1.12. The molecule has 1 heterocycles. The van der Waals surface area contributed by atoms with Crippen molar-refractivity contribution in [2.75, 3.05) is 17.3 Å². The van der Waals surface area contributed by atoms with Crippen LogP contribution in [0.25, 0.3) is 0 Å². The van der Waals surface area contributed by atoms with Crippen LogP contribution in [0.1, 0.15) is 17.5 Å². The van der Waals surface area contributed by atoms with Gasteiger partial charge in [0.15, 0.2) is 0 Å². The molecular formula is C17H18ClNS. The van der Waals surface area contributed by atoms with Gasteiger partial charge in [-0.2, -0.15) is 0 Å². The molecule has 0 bridgehead atoms. The molecule has 0 N–H and O–H groups in total. The first kappa shape index (κ1) is 13.8. The summed E-state index contributed by atoms with van der Waals surface area (Å²) in [5, 5.41) is 0. The first-order chi connectivity index (χ1) is 9.69. The summed E-state index contributed by atoms with van der Waals surface area (Å²) >= 11 is 7.77. The van der Waals surface area contributed by atoms with Crippen LogP contribution in [0.3, 0.4) is 0 Å². The molecule has 20 heavy (non-hydrogen) atoms. The monoisotopic (exact) mass is 303 g/mol. The van der Waals surface area contributed by atoms with Crippen LogP contribution in [0.5, 0.6) is 0 Å². The average molecular weight is 304 g/mol. The average Bonchev–Trinajstić information content (AvgIpc) is 2.43. The van der Waals surface area contributed by atoms with E-state index < -0.39 is 0 Å². The van der Waals surface area contributed by atoms with Crippen molar-refractivity contribution in [1.82, 2.24) is 0 Å². The minimum Gasteiger partial charge on any atom is -0.340 e. The highest BCUT2D eigenvalue weighted by molar-refractivity contribution is 7.99. The number of hydrogen-bond donors (Lipinski definition) is 0. The first-order valence-electron chi connectivity index (χ1n) is 6.92. The second-order valence-corrected chi connectivity index (χ2v) is 6.70. The first-order valence-corrected chi connectivity index (χ1v) is 8.27. The number of fused-ring (bicyclic) bond motifs is 2. The Morgan fingerprint density at radius 3 is 2.00 bits per heavy atom. The second kappa shape index (κ2) is 5.71. The smallest absolute Gasteiger partial charge is 0.0553 e. The van der Waals surface area contributed by atoms with Crippen LogP contribution in [0, 0.1) is 13.8 Å². The van der Waals surface area contributed by atoms with E-state index in [1.807, 2.05) is 11.8 Å². The molecule has 0 aliphatic carbocycles. The van der Waals surface area contributed by atoms with Crippen LogP contribution in [-0.2, 0) is 0 Å². The summed E-state index contributed by atoms with van der Waals surface area (Å²) in [5.41, 5.74) is 5.23. The fraction of sp³-hybridized carbons (Fsp3) is 0.294. The van der Waals surface area contributed by atoms with E-state index in [0.29, 0.717) is 5.88 Å². The van der Waals surface area contributed by atoms with Gasteiger partial charge in [0.25, 0.3) is 0 Å². The Bertz CT molecular complexity index is 587. The van der Waals surface area contributed by atoms with Crippen LogP contribution in [0.4, 0.5) is 11.4 Å². The lowest BCUT2D eigenvalue weighted by molar-refractivity contribution is 0.869. The van der Waals surface area contributed by atoms with Crippen molar-refractivity contribution in [1.29, 1.82) is 0 Å². The number of aryl methyl sites for hydroxylation is 2. The number of anilines is 2. The number of alkyl halides is 1. The largest absolute Gasteiger partial charge is 0.340 e. The second-order valence-electron chi connectivity index (χ2n) is 5.24. The van der Waals surface area contributed by atoms with Crippen molar-refractivity contribution in [3.63, 3.8) is 0 Å². The number of hydrogen-bond acceptors (Lipinski definition) is 2. The van der Waals surface area contributed by atoms with Crippen molar-refractivity contribution in [2.45, 2.75) is 30.1 Å². The minimum atomic E-state index is 0.700. The molecule has 1 aliphatic heterocycles. The van der Waals surface area contributed by atoms with Gasteiger partial charge >= 0.3 is 0 Å². The Labute approximate surface area is 129 Å². The normalized spacial score (nSPS) is 13.1.